The number of rotatable bonds is 6. The average molecular weight is 1160 g/mol. The Labute approximate surface area is 525 Å². The van der Waals surface area contributed by atoms with E-state index in [4.69, 9.17) is 9.97 Å². The average Bonchev–Trinajstić information content (AvgIpc) is 1.56. The number of hydrogen-bond acceptors (Lipinski definition) is 3. The van der Waals surface area contributed by atoms with E-state index in [1.165, 1.54) is 111 Å². The molecule has 0 bridgehead atoms. The third-order valence-electron chi connectivity index (χ3n) is 22.0. The predicted octanol–water partition coefficient (Wildman–Crippen LogP) is 21.1. The van der Waals surface area contributed by atoms with E-state index in [0.717, 1.165) is 51.6 Å². The second-order valence-electron chi connectivity index (χ2n) is 27.6. The van der Waals surface area contributed by atoms with Crippen LogP contribution in [-0.4, -0.2) is 19.1 Å². The van der Waals surface area contributed by atoms with Crippen LogP contribution in [0, 0.1) is 11.8 Å². The van der Waals surface area contributed by atoms with Crippen molar-refractivity contribution < 1.29 is 0 Å². The highest BCUT2D eigenvalue weighted by atomic mass is 15.2. The third-order valence-corrected chi connectivity index (χ3v) is 22.0. The largest absolute Gasteiger partial charge is 0.314 e. The van der Waals surface area contributed by atoms with Gasteiger partial charge in [-0.05, 0) is 170 Å². The number of anilines is 1. The van der Waals surface area contributed by atoms with Gasteiger partial charge in [0.2, 0.25) is 0 Å². The van der Waals surface area contributed by atoms with E-state index in [0.29, 0.717) is 23.6 Å². The van der Waals surface area contributed by atoms with Crippen molar-refractivity contribution in [3.8, 4) is 67.5 Å². The van der Waals surface area contributed by atoms with Crippen LogP contribution in [0.15, 0.2) is 272 Å². The highest BCUT2D eigenvalue weighted by Crippen LogP contribution is 2.62. The molecule has 0 amide bonds. The summed E-state index contributed by atoms with van der Waals surface area (Å²) >= 11 is 0. The number of hydrogen-bond donors (Lipinski definition) is 0. The molecule has 0 saturated carbocycles. The van der Waals surface area contributed by atoms with Crippen molar-refractivity contribution >= 4 is 49.3 Å². The standard InChI is InChI=1S/C85H65N5/c1-83(2)62-31-13-7-25-56(62)76-65(83)41-44-73-79(76)59-28-10-16-34-70(59)88(73)53-39-37-50(38-40-53)82-86-68(51-21-19-23-54(47-51)89-71-35-17-11-29-60(71)80-74(89)45-42-66-77(80)57-26-8-14-32-63(57)84(66,3)4)49-69(87-82)52-22-20-24-55(48-52)90-72-36-18-12-30-61(72)81-75(90)46-43-67-78(81)58-27-9-15-33-64(58)85(67,5)6/h7-27,29-49,59,65,76H,28H2,1-6H3/t59-,65?,76?/m0/s1. The molecular weight excluding hydrogens is 1090 g/mol. The van der Waals surface area contributed by atoms with Crippen molar-refractivity contribution in [1.29, 1.82) is 0 Å². The maximum absolute atomic E-state index is 5.60. The number of benzene rings is 10. The second kappa shape index (κ2) is 18.4. The van der Waals surface area contributed by atoms with Gasteiger partial charge in [-0.1, -0.05) is 205 Å². The Morgan fingerprint density at radius 2 is 0.978 bits per heavy atom. The molecule has 5 aliphatic carbocycles. The van der Waals surface area contributed by atoms with E-state index >= 15 is 0 Å². The third kappa shape index (κ3) is 6.92. The highest BCUT2D eigenvalue weighted by molar-refractivity contribution is 6.19. The summed E-state index contributed by atoms with van der Waals surface area (Å²) in [6.07, 6.45) is 12.9. The fourth-order valence-corrected chi connectivity index (χ4v) is 17.8. The first-order chi connectivity index (χ1) is 43.9. The van der Waals surface area contributed by atoms with Gasteiger partial charge in [0.25, 0.3) is 0 Å². The van der Waals surface area contributed by atoms with Gasteiger partial charge < -0.3 is 14.0 Å². The lowest BCUT2D eigenvalue weighted by atomic mass is 9.69. The number of nitrogens with zero attached hydrogens (tertiary/aromatic N) is 5. The lowest BCUT2D eigenvalue weighted by Gasteiger charge is -2.34. The summed E-state index contributed by atoms with van der Waals surface area (Å²) in [6, 6.07) is 83.8. The molecule has 0 fully saturated rings. The molecule has 6 aliphatic rings. The minimum atomic E-state index is -0.112. The highest BCUT2D eigenvalue weighted by Gasteiger charge is 2.53. The summed E-state index contributed by atoms with van der Waals surface area (Å²) in [5.41, 5.74) is 30.6. The summed E-state index contributed by atoms with van der Waals surface area (Å²) in [4.78, 5) is 13.7. The predicted molar refractivity (Wildman–Crippen MR) is 372 cm³/mol. The van der Waals surface area contributed by atoms with Crippen LogP contribution < -0.4 is 4.90 Å². The van der Waals surface area contributed by atoms with Gasteiger partial charge >= 0.3 is 0 Å². The molecule has 10 aromatic carbocycles. The van der Waals surface area contributed by atoms with E-state index in [1.807, 2.05) is 0 Å². The van der Waals surface area contributed by atoms with Crippen LogP contribution in [0.25, 0.3) is 111 Å². The van der Waals surface area contributed by atoms with Crippen LogP contribution in [0.3, 0.4) is 0 Å². The van der Waals surface area contributed by atoms with Crippen molar-refractivity contribution in [1.82, 2.24) is 19.1 Å². The molecule has 90 heavy (non-hydrogen) atoms. The Morgan fingerprint density at radius 3 is 1.57 bits per heavy atom. The van der Waals surface area contributed by atoms with Gasteiger partial charge in [-0.2, -0.15) is 0 Å². The molecule has 1 aliphatic heterocycles. The van der Waals surface area contributed by atoms with Crippen LogP contribution >= 0.6 is 0 Å². The zero-order chi connectivity index (χ0) is 60.1. The molecule has 4 heterocycles. The zero-order valence-corrected chi connectivity index (χ0v) is 51.4. The van der Waals surface area contributed by atoms with Crippen LogP contribution in [0.4, 0.5) is 5.69 Å². The van der Waals surface area contributed by atoms with Gasteiger partial charge in [0.05, 0.1) is 33.5 Å². The fourth-order valence-electron chi connectivity index (χ4n) is 17.8. The van der Waals surface area contributed by atoms with Gasteiger partial charge in [-0.25, -0.2) is 9.97 Å². The van der Waals surface area contributed by atoms with Crippen molar-refractivity contribution in [3.05, 3.63) is 305 Å². The lowest BCUT2D eigenvalue weighted by Crippen LogP contribution is -2.28. The minimum absolute atomic E-state index is 0.0439. The van der Waals surface area contributed by atoms with Crippen LogP contribution in [0.5, 0.6) is 0 Å². The summed E-state index contributed by atoms with van der Waals surface area (Å²) in [7, 11) is 0. The van der Waals surface area contributed by atoms with Gasteiger partial charge in [0.1, 0.15) is 0 Å². The maximum Gasteiger partial charge on any atom is 0.160 e. The van der Waals surface area contributed by atoms with Crippen molar-refractivity contribution in [2.75, 3.05) is 4.90 Å². The van der Waals surface area contributed by atoms with Crippen molar-refractivity contribution in [3.63, 3.8) is 0 Å². The smallest absolute Gasteiger partial charge is 0.160 e. The van der Waals surface area contributed by atoms with Gasteiger partial charge in [0.15, 0.2) is 5.82 Å². The summed E-state index contributed by atoms with van der Waals surface area (Å²) in [5.74, 6) is 1.74. The van der Waals surface area contributed by atoms with Crippen LogP contribution in [0.2, 0.25) is 0 Å². The van der Waals surface area contributed by atoms with E-state index in [9.17, 15) is 0 Å². The number of fused-ring (bicyclic) bond motifs is 20. The first kappa shape index (κ1) is 51.7. The molecule has 2 unspecified atom stereocenters. The molecule has 5 nitrogen and oxygen atoms in total. The minimum Gasteiger partial charge on any atom is -0.314 e. The first-order valence-electron chi connectivity index (χ1n) is 32.2. The van der Waals surface area contributed by atoms with Crippen LogP contribution in [0.1, 0.15) is 87.3 Å². The maximum atomic E-state index is 5.60. The molecule has 3 aromatic heterocycles. The monoisotopic (exact) mass is 1160 g/mol. The van der Waals surface area contributed by atoms with Gasteiger partial charge in [-0.15, -0.1) is 0 Å². The topological polar surface area (TPSA) is 38.9 Å². The zero-order valence-electron chi connectivity index (χ0n) is 51.4. The molecule has 0 spiro atoms. The van der Waals surface area contributed by atoms with E-state index < -0.39 is 0 Å². The second-order valence-corrected chi connectivity index (χ2v) is 27.6. The van der Waals surface area contributed by atoms with E-state index in [-0.39, 0.29) is 16.2 Å². The molecule has 0 radical (unpaired) electrons. The Kier molecular flexibility index (Phi) is 10.5. The quantitative estimate of drug-likeness (QED) is 0.167. The van der Waals surface area contributed by atoms with Gasteiger partial charge in [-0.3, -0.25) is 0 Å². The molecule has 3 atom stereocenters. The lowest BCUT2D eigenvalue weighted by molar-refractivity contribution is 0.377. The Balaban J connectivity index is 0.772. The first-order valence-corrected chi connectivity index (χ1v) is 32.2. The number of aromatic nitrogens is 4. The molecule has 19 rings (SSSR count). The fraction of sp³-hybridized carbons (Fsp3) is 0.153. The SMILES string of the molecule is CC1(C)c2ccccc2-c2c1ccc1c2c2ccccc2n1-c1cccc(-c2cc(-c3cccc(-n4c5ccccc5c5c6c(ccc54)C(C)(C)c4ccccc4-6)c3)nc(-c3ccc(N4C5=CC=CC[C@@H]5C5=C4C=CC4C5c5ccccc5C4(C)C)cc3)n2)c1. The molecule has 5 heteroatoms. The molecule has 13 aromatic rings. The summed E-state index contributed by atoms with van der Waals surface area (Å²) in [5, 5.41) is 5.10. The summed E-state index contributed by atoms with van der Waals surface area (Å²) < 4.78 is 4.92. The van der Waals surface area contributed by atoms with Crippen molar-refractivity contribution in [2.45, 2.75) is 70.1 Å². The number of para-hydroxylation sites is 2. The normalized spacial score (nSPS) is 19.0. The van der Waals surface area contributed by atoms with Crippen LogP contribution in [-0.2, 0) is 16.2 Å². The Morgan fingerprint density at radius 1 is 0.444 bits per heavy atom. The Hall–Kier alpha value is -10.4. The Bertz CT molecular complexity index is 5210. The summed E-state index contributed by atoms with van der Waals surface area (Å²) in [6.45, 7) is 14.4. The molecule has 430 valence electrons. The number of allylic oxidation sites excluding steroid dienone is 6. The van der Waals surface area contributed by atoms with E-state index in [1.54, 1.807) is 5.57 Å². The molecule has 0 N–H and O–H groups in total. The molecule has 0 saturated heterocycles. The van der Waals surface area contributed by atoms with Crippen molar-refractivity contribution in [2.24, 2.45) is 11.8 Å². The van der Waals surface area contributed by atoms with Gasteiger partial charge in [0, 0.05) is 89.4 Å². The molecular formula is C85H65N5. The van der Waals surface area contributed by atoms with E-state index in [2.05, 4.69) is 310 Å².